The van der Waals surface area contributed by atoms with E-state index < -0.39 is 29.9 Å². The lowest BCUT2D eigenvalue weighted by Crippen LogP contribution is -2.49. The Morgan fingerprint density at radius 1 is 0.909 bits per heavy atom. The largest absolute Gasteiger partial charge is 0.480 e. The van der Waals surface area contributed by atoms with E-state index in [1.165, 1.54) is 0 Å². The number of hydrogen-bond donors (Lipinski definition) is 3. The third-order valence-corrected chi connectivity index (χ3v) is 6.18. The Morgan fingerprint density at radius 2 is 1.45 bits per heavy atom. The number of alkyl carbamates (subject to hydrolysis) is 1. The number of nitrogens with one attached hydrogen (secondary N) is 2. The van der Waals surface area contributed by atoms with Crippen LogP contribution in [0.2, 0.25) is 0 Å². The van der Waals surface area contributed by atoms with Crippen molar-refractivity contribution in [3.05, 3.63) is 59.7 Å². The second-order valence-electron chi connectivity index (χ2n) is 9.13. The number of hydrogen-bond acceptors (Lipinski definition) is 4. The molecule has 7 nitrogen and oxygen atoms in total. The monoisotopic (exact) mass is 452 g/mol. The predicted octanol–water partition coefficient (Wildman–Crippen LogP) is 4.02. The summed E-state index contributed by atoms with van der Waals surface area (Å²) in [4.78, 5) is 36.6. The molecule has 0 radical (unpaired) electrons. The highest BCUT2D eigenvalue weighted by Gasteiger charge is 2.31. The van der Waals surface area contributed by atoms with Gasteiger partial charge in [0.1, 0.15) is 12.6 Å². The van der Waals surface area contributed by atoms with Gasteiger partial charge in [0.25, 0.3) is 0 Å². The van der Waals surface area contributed by atoms with Crippen LogP contribution < -0.4 is 10.6 Å². The normalized spacial score (nSPS) is 14.4. The van der Waals surface area contributed by atoms with Gasteiger partial charge >= 0.3 is 12.1 Å². The number of benzene rings is 2. The summed E-state index contributed by atoms with van der Waals surface area (Å²) in [7, 11) is 0. The van der Waals surface area contributed by atoms with Gasteiger partial charge in [0, 0.05) is 12.5 Å². The zero-order valence-electron chi connectivity index (χ0n) is 19.5. The fourth-order valence-electron chi connectivity index (χ4n) is 4.25. The van der Waals surface area contributed by atoms with E-state index >= 15 is 0 Å². The summed E-state index contributed by atoms with van der Waals surface area (Å²) in [6.07, 6.45) is -0.603. The minimum absolute atomic E-state index is 0.0466. The van der Waals surface area contributed by atoms with Gasteiger partial charge < -0.3 is 20.5 Å². The zero-order valence-corrected chi connectivity index (χ0v) is 19.5. The fourth-order valence-corrected chi connectivity index (χ4v) is 4.25. The van der Waals surface area contributed by atoms with Crippen LogP contribution in [-0.4, -0.2) is 42.3 Å². The van der Waals surface area contributed by atoms with Crippen LogP contribution in [-0.2, 0) is 14.3 Å². The Morgan fingerprint density at radius 3 is 1.94 bits per heavy atom. The lowest BCUT2D eigenvalue weighted by Gasteiger charge is -2.25. The van der Waals surface area contributed by atoms with Gasteiger partial charge in [0.15, 0.2) is 0 Å². The third kappa shape index (κ3) is 5.53. The van der Waals surface area contributed by atoms with E-state index in [4.69, 9.17) is 4.74 Å². The van der Waals surface area contributed by atoms with E-state index in [0.29, 0.717) is 0 Å². The standard InChI is InChI=1S/C26H32N2O5/c1-15(2)21(24(29)28-23(16(3)4)25(30)31)13-27-26(32)33-14-22-19-11-7-5-9-17(19)18-10-6-8-12-20(18)22/h5-12,15-16,21-23H,13-14H2,1-4H3,(H,27,32)(H,28,29)(H,30,31)/t21?,23-/m1/s1. The van der Waals surface area contributed by atoms with Crippen LogP contribution in [0, 0.1) is 17.8 Å². The molecule has 0 saturated carbocycles. The molecule has 2 atom stereocenters. The van der Waals surface area contributed by atoms with Crippen LogP contribution >= 0.6 is 0 Å². The van der Waals surface area contributed by atoms with Gasteiger partial charge in [-0.3, -0.25) is 4.79 Å². The molecule has 0 fully saturated rings. The molecule has 0 saturated heterocycles. The summed E-state index contributed by atoms with van der Waals surface area (Å²) in [5.74, 6) is -2.45. The van der Waals surface area contributed by atoms with Crippen molar-refractivity contribution in [2.75, 3.05) is 13.2 Å². The fraction of sp³-hybridized carbons (Fsp3) is 0.423. The summed E-state index contributed by atoms with van der Waals surface area (Å²) in [6, 6.07) is 15.2. The van der Waals surface area contributed by atoms with E-state index in [2.05, 4.69) is 22.8 Å². The molecule has 2 amide bonds. The molecule has 1 aliphatic rings. The first-order valence-corrected chi connectivity index (χ1v) is 11.3. The van der Waals surface area contributed by atoms with Gasteiger partial charge in [0.2, 0.25) is 5.91 Å². The smallest absolute Gasteiger partial charge is 0.407 e. The molecule has 3 N–H and O–H groups in total. The van der Waals surface area contributed by atoms with Gasteiger partial charge in [-0.15, -0.1) is 0 Å². The molecule has 1 aliphatic carbocycles. The number of fused-ring (bicyclic) bond motifs is 3. The molecular formula is C26H32N2O5. The molecule has 2 aromatic carbocycles. The van der Waals surface area contributed by atoms with E-state index in [-0.39, 0.29) is 30.9 Å². The highest BCUT2D eigenvalue weighted by atomic mass is 16.5. The Balaban J connectivity index is 1.59. The molecular weight excluding hydrogens is 420 g/mol. The number of rotatable bonds is 9. The number of aliphatic carboxylic acids is 1. The maximum absolute atomic E-state index is 12.7. The van der Waals surface area contributed by atoms with Crippen LogP contribution in [0.3, 0.4) is 0 Å². The molecule has 176 valence electrons. The summed E-state index contributed by atoms with van der Waals surface area (Å²) in [6.45, 7) is 7.43. The first-order chi connectivity index (χ1) is 15.7. The first-order valence-electron chi connectivity index (χ1n) is 11.3. The maximum atomic E-state index is 12.7. The zero-order chi connectivity index (χ0) is 24.1. The number of carbonyl (C=O) groups is 3. The van der Waals surface area contributed by atoms with Crippen molar-refractivity contribution >= 4 is 18.0 Å². The number of carbonyl (C=O) groups excluding carboxylic acids is 2. The first kappa shape index (κ1) is 24.3. The van der Waals surface area contributed by atoms with Crippen molar-refractivity contribution in [2.45, 2.75) is 39.7 Å². The Bertz CT molecular complexity index is 972. The number of carboxylic acids is 1. The maximum Gasteiger partial charge on any atom is 0.407 e. The predicted molar refractivity (Wildman–Crippen MR) is 126 cm³/mol. The van der Waals surface area contributed by atoms with Crippen LogP contribution in [0.5, 0.6) is 0 Å². The second kappa shape index (κ2) is 10.5. The summed E-state index contributed by atoms with van der Waals surface area (Å²) in [5, 5.41) is 14.6. The molecule has 0 bridgehead atoms. The second-order valence-corrected chi connectivity index (χ2v) is 9.13. The quantitative estimate of drug-likeness (QED) is 0.533. The molecule has 0 aliphatic heterocycles. The van der Waals surface area contributed by atoms with Crippen molar-refractivity contribution in [3.63, 3.8) is 0 Å². The average Bonchev–Trinajstić information content (AvgIpc) is 3.09. The number of carboxylic acid groups (broad SMARTS) is 1. The molecule has 7 heteroatoms. The lowest BCUT2D eigenvalue weighted by molar-refractivity contribution is -0.144. The Kier molecular flexibility index (Phi) is 7.74. The van der Waals surface area contributed by atoms with Crippen molar-refractivity contribution in [1.82, 2.24) is 10.6 Å². The van der Waals surface area contributed by atoms with Crippen molar-refractivity contribution in [3.8, 4) is 11.1 Å². The summed E-state index contributed by atoms with van der Waals surface area (Å²) in [5.41, 5.74) is 4.55. The van der Waals surface area contributed by atoms with Gasteiger partial charge in [0.05, 0.1) is 5.92 Å². The highest BCUT2D eigenvalue weighted by Crippen LogP contribution is 2.44. The molecule has 0 spiro atoms. The third-order valence-electron chi connectivity index (χ3n) is 6.18. The van der Waals surface area contributed by atoms with E-state index in [0.717, 1.165) is 22.3 Å². The van der Waals surface area contributed by atoms with Crippen LogP contribution in [0.25, 0.3) is 11.1 Å². The summed E-state index contributed by atoms with van der Waals surface area (Å²) >= 11 is 0. The van der Waals surface area contributed by atoms with E-state index in [1.54, 1.807) is 13.8 Å². The van der Waals surface area contributed by atoms with Gasteiger partial charge in [-0.2, -0.15) is 0 Å². The Labute approximate surface area is 194 Å². The number of amides is 2. The van der Waals surface area contributed by atoms with Crippen molar-refractivity contribution in [2.24, 2.45) is 17.8 Å². The van der Waals surface area contributed by atoms with E-state index in [9.17, 15) is 19.5 Å². The van der Waals surface area contributed by atoms with E-state index in [1.807, 2.05) is 50.2 Å². The van der Waals surface area contributed by atoms with Gasteiger partial charge in [-0.25, -0.2) is 9.59 Å². The number of ether oxygens (including phenoxy) is 1. The van der Waals surface area contributed by atoms with Crippen molar-refractivity contribution in [1.29, 1.82) is 0 Å². The van der Waals surface area contributed by atoms with Gasteiger partial charge in [-0.05, 0) is 34.1 Å². The molecule has 0 aromatic heterocycles. The minimum Gasteiger partial charge on any atom is -0.480 e. The van der Waals surface area contributed by atoms with Crippen LogP contribution in [0.1, 0.15) is 44.7 Å². The average molecular weight is 453 g/mol. The van der Waals surface area contributed by atoms with Crippen molar-refractivity contribution < 1.29 is 24.2 Å². The topological polar surface area (TPSA) is 105 Å². The molecule has 3 rings (SSSR count). The lowest BCUT2D eigenvalue weighted by atomic mass is 9.93. The SMILES string of the molecule is CC(C)C(CNC(=O)OCC1c2ccccc2-c2ccccc21)C(=O)N[C@@H](C(=O)O)C(C)C. The van der Waals surface area contributed by atoms with Gasteiger partial charge in [-0.1, -0.05) is 76.2 Å². The van der Waals surface area contributed by atoms with Crippen LogP contribution in [0.4, 0.5) is 4.79 Å². The van der Waals surface area contributed by atoms with Crippen LogP contribution in [0.15, 0.2) is 48.5 Å². The Hall–Kier alpha value is -3.35. The molecule has 33 heavy (non-hydrogen) atoms. The molecule has 2 aromatic rings. The molecule has 1 unspecified atom stereocenters. The minimum atomic E-state index is -1.08. The molecule has 0 heterocycles. The summed E-state index contributed by atoms with van der Waals surface area (Å²) < 4.78 is 5.53. The highest BCUT2D eigenvalue weighted by molar-refractivity contribution is 5.85.